The Labute approximate surface area is 129 Å². The molecule has 0 amide bonds. The Morgan fingerprint density at radius 3 is 2.45 bits per heavy atom. The molecule has 3 unspecified atom stereocenters. The summed E-state index contributed by atoms with van der Waals surface area (Å²) < 4.78 is 5.51. The SMILES string of the molecule is CCC(C)(C)C1CCC(NC)C(SC2CCOCC2)C1. The average molecular weight is 300 g/mol. The molecule has 1 aliphatic carbocycles. The number of thioether (sulfide) groups is 1. The third-order valence-corrected chi connectivity index (χ3v) is 7.44. The van der Waals surface area contributed by atoms with Gasteiger partial charge in [-0.25, -0.2) is 0 Å². The number of rotatable bonds is 5. The lowest BCUT2D eigenvalue weighted by molar-refractivity contribution is 0.0993. The van der Waals surface area contributed by atoms with Gasteiger partial charge in [-0.2, -0.15) is 11.8 Å². The molecule has 3 atom stereocenters. The maximum atomic E-state index is 5.51. The third-order valence-electron chi connectivity index (χ3n) is 5.71. The van der Waals surface area contributed by atoms with Gasteiger partial charge in [0.1, 0.15) is 0 Å². The van der Waals surface area contributed by atoms with Crippen molar-refractivity contribution in [2.45, 2.75) is 75.8 Å². The number of ether oxygens (including phenoxy) is 1. The van der Waals surface area contributed by atoms with Crippen LogP contribution in [-0.4, -0.2) is 36.8 Å². The molecule has 2 aliphatic rings. The fraction of sp³-hybridized carbons (Fsp3) is 1.00. The minimum Gasteiger partial charge on any atom is -0.381 e. The first-order chi connectivity index (χ1) is 9.56. The second-order valence-electron chi connectivity index (χ2n) is 7.23. The first kappa shape index (κ1) is 16.6. The third kappa shape index (κ3) is 4.14. The Balaban J connectivity index is 1.95. The van der Waals surface area contributed by atoms with Crippen molar-refractivity contribution in [2.24, 2.45) is 11.3 Å². The molecule has 0 spiro atoms. The monoisotopic (exact) mass is 299 g/mol. The Morgan fingerprint density at radius 1 is 1.15 bits per heavy atom. The van der Waals surface area contributed by atoms with E-state index in [1.54, 1.807) is 0 Å². The molecule has 1 saturated carbocycles. The predicted octanol–water partition coefficient (Wildman–Crippen LogP) is 4.09. The van der Waals surface area contributed by atoms with Crippen molar-refractivity contribution in [1.82, 2.24) is 5.32 Å². The first-order valence-corrected chi connectivity index (χ1v) is 9.41. The summed E-state index contributed by atoms with van der Waals surface area (Å²) in [5.74, 6) is 0.898. The van der Waals surface area contributed by atoms with Crippen LogP contribution in [0.1, 0.15) is 59.3 Å². The van der Waals surface area contributed by atoms with E-state index < -0.39 is 0 Å². The van der Waals surface area contributed by atoms with Gasteiger partial charge in [0, 0.05) is 29.8 Å². The number of hydrogen-bond donors (Lipinski definition) is 1. The summed E-state index contributed by atoms with van der Waals surface area (Å²) in [5.41, 5.74) is 0.507. The zero-order chi connectivity index (χ0) is 14.6. The van der Waals surface area contributed by atoms with Gasteiger partial charge in [0.15, 0.2) is 0 Å². The Hall–Kier alpha value is 0.270. The van der Waals surface area contributed by atoms with Crippen LogP contribution in [0.15, 0.2) is 0 Å². The van der Waals surface area contributed by atoms with Gasteiger partial charge < -0.3 is 10.1 Å². The van der Waals surface area contributed by atoms with Crippen LogP contribution >= 0.6 is 11.8 Å². The maximum Gasteiger partial charge on any atom is 0.0476 e. The van der Waals surface area contributed by atoms with Crippen molar-refractivity contribution < 1.29 is 4.74 Å². The topological polar surface area (TPSA) is 21.3 Å². The summed E-state index contributed by atoms with van der Waals surface area (Å²) in [6, 6.07) is 0.715. The second-order valence-corrected chi connectivity index (χ2v) is 8.78. The lowest BCUT2D eigenvalue weighted by atomic mass is 9.68. The molecule has 0 aromatic carbocycles. The molecule has 0 aromatic heterocycles. The molecule has 2 fully saturated rings. The molecule has 0 bridgehead atoms. The van der Waals surface area contributed by atoms with Crippen LogP contribution in [0.4, 0.5) is 0 Å². The highest BCUT2D eigenvalue weighted by Crippen LogP contribution is 2.45. The lowest BCUT2D eigenvalue weighted by Gasteiger charge is -2.44. The minimum atomic E-state index is 0.507. The normalized spacial score (nSPS) is 33.3. The zero-order valence-electron chi connectivity index (χ0n) is 13.8. The highest BCUT2D eigenvalue weighted by Gasteiger charge is 2.38. The van der Waals surface area contributed by atoms with Crippen molar-refractivity contribution in [3.05, 3.63) is 0 Å². The summed E-state index contributed by atoms with van der Waals surface area (Å²) >= 11 is 2.26. The Kier molecular flexibility index (Phi) is 6.25. The van der Waals surface area contributed by atoms with E-state index in [4.69, 9.17) is 4.74 Å². The summed E-state index contributed by atoms with van der Waals surface area (Å²) in [7, 11) is 2.15. The molecule has 1 heterocycles. The molecule has 3 heteroatoms. The second kappa shape index (κ2) is 7.51. The quantitative estimate of drug-likeness (QED) is 0.826. The molecule has 118 valence electrons. The summed E-state index contributed by atoms with van der Waals surface area (Å²) in [6.07, 6.45) is 7.95. The van der Waals surface area contributed by atoms with Crippen molar-refractivity contribution in [2.75, 3.05) is 20.3 Å². The largest absolute Gasteiger partial charge is 0.381 e. The van der Waals surface area contributed by atoms with E-state index in [0.717, 1.165) is 29.6 Å². The van der Waals surface area contributed by atoms with Crippen molar-refractivity contribution >= 4 is 11.8 Å². The van der Waals surface area contributed by atoms with E-state index in [-0.39, 0.29) is 0 Å². The summed E-state index contributed by atoms with van der Waals surface area (Å²) in [6.45, 7) is 9.23. The zero-order valence-corrected chi connectivity index (χ0v) is 14.6. The Bertz CT molecular complexity index is 289. The highest BCUT2D eigenvalue weighted by molar-refractivity contribution is 8.00. The van der Waals surface area contributed by atoms with Gasteiger partial charge in [0.05, 0.1) is 0 Å². The molecule has 20 heavy (non-hydrogen) atoms. The van der Waals surface area contributed by atoms with E-state index in [0.29, 0.717) is 11.5 Å². The molecule has 2 nitrogen and oxygen atoms in total. The summed E-state index contributed by atoms with van der Waals surface area (Å²) in [5, 5.41) is 5.21. The van der Waals surface area contributed by atoms with Crippen LogP contribution in [0.5, 0.6) is 0 Å². The first-order valence-electron chi connectivity index (χ1n) is 8.47. The smallest absolute Gasteiger partial charge is 0.0476 e. The van der Waals surface area contributed by atoms with Crippen LogP contribution in [0.25, 0.3) is 0 Å². The highest BCUT2D eigenvalue weighted by atomic mass is 32.2. The van der Waals surface area contributed by atoms with Crippen LogP contribution in [0.3, 0.4) is 0 Å². The fourth-order valence-corrected chi connectivity index (χ4v) is 5.43. The van der Waals surface area contributed by atoms with E-state index in [2.05, 4.69) is 44.9 Å². The van der Waals surface area contributed by atoms with E-state index >= 15 is 0 Å². The number of hydrogen-bond acceptors (Lipinski definition) is 3. The van der Waals surface area contributed by atoms with Crippen molar-refractivity contribution in [3.63, 3.8) is 0 Å². The molecule has 0 radical (unpaired) electrons. The molecule has 2 rings (SSSR count). The van der Waals surface area contributed by atoms with Gasteiger partial charge in [-0.05, 0) is 50.5 Å². The predicted molar refractivity (Wildman–Crippen MR) is 89.5 cm³/mol. The molecule has 1 aliphatic heterocycles. The maximum absolute atomic E-state index is 5.51. The minimum absolute atomic E-state index is 0.507. The molecule has 0 aromatic rings. The van der Waals surface area contributed by atoms with Gasteiger partial charge in [-0.3, -0.25) is 0 Å². The van der Waals surface area contributed by atoms with Gasteiger partial charge in [0.2, 0.25) is 0 Å². The molecule has 1 N–H and O–H groups in total. The van der Waals surface area contributed by atoms with Gasteiger partial charge >= 0.3 is 0 Å². The lowest BCUT2D eigenvalue weighted by Crippen LogP contribution is -2.44. The molecular weight excluding hydrogens is 266 g/mol. The van der Waals surface area contributed by atoms with Crippen molar-refractivity contribution in [3.8, 4) is 0 Å². The average Bonchev–Trinajstić information content (AvgIpc) is 2.48. The van der Waals surface area contributed by atoms with Gasteiger partial charge in [0.25, 0.3) is 0 Å². The Morgan fingerprint density at radius 2 is 1.85 bits per heavy atom. The van der Waals surface area contributed by atoms with E-state index in [1.165, 1.54) is 38.5 Å². The van der Waals surface area contributed by atoms with Crippen LogP contribution in [0, 0.1) is 11.3 Å². The van der Waals surface area contributed by atoms with Crippen LogP contribution in [0.2, 0.25) is 0 Å². The van der Waals surface area contributed by atoms with Crippen LogP contribution in [-0.2, 0) is 4.74 Å². The van der Waals surface area contributed by atoms with Crippen LogP contribution < -0.4 is 5.32 Å². The van der Waals surface area contributed by atoms with Gasteiger partial charge in [-0.15, -0.1) is 0 Å². The molecule has 1 saturated heterocycles. The van der Waals surface area contributed by atoms with Gasteiger partial charge in [-0.1, -0.05) is 27.2 Å². The number of nitrogens with one attached hydrogen (secondary N) is 1. The summed E-state index contributed by atoms with van der Waals surface area (Å²) in [4.78, 5) is 0. The van der Waals surface area contributed by atoms with Crippen molar-refractivity contribution in [1.29, 1.82) is 0 Å². The standard InChI is InChI=1S/C17H33NOS/c1-5-17(2,3)13-6-7-15(18-4)16(12-13)20-14-8-10-19-11-9-14/h13-16,18H,5-12H2,1-4H3. The fourth-order valence-electron chi connectivity index (χ4n) is 3.67. The van der Waals surface area contributed by atoms with E-state index in [9.17, 15) is 0 Å². The molecular formula is C17H33NOS. The van der Waals surface area contributed by atoms with E-state index in [1.807, 2.05) is 0 Å².